The van der Waals surface area contributed by atoms with E-state index in [9.17, 15) is 9.59 Å². The van der Waals surface area contributed by atoms with Crippen LogP contribution in [0, 0.1) is 0 Å². The number of benzene rings is 1. The van der Waals surface area contributed by atoms with Gasteiger partial charge in [0.05, 0.1) is 0 Å². The number of hydrogen-bond acceptors (Lipinski definition) is 3. The number of nitrogens with one attached hydrogen (secondary N) is 1. The van der Waals surface area contributed by atoms with Crippen molar-refractivity contribution < 1.29 is 14.7 Å². The van der Waals surface area contributed by atoms with Gasteiger partial charge in [0.25, 0.3) is 0 Å². The summed E-state index contributed by atoms with van der Waals surface area (Å²) in [7, 11) is 0. The molecule has 1 aromatic carbocycles. The maximum atomic E-state index is 11.4. The quantitative estimate of drug-likeness (QED) is 0.533. The lowest BCUT2D eigenvalue weighted by atomic mass is 10.1. The molecule has 5 nitrogen and oxygen atoms in total. The zero-order valence-corrected chi connectivity index (χ0v) is 10.8. The van der Waals surface area contributed by atoms with Crippen molar-refractivity contribution in [2.75, 3.05) is 12.3 Å². The molecule has 0 aliphatic rings. The molecule has 102 valence electrons. The summed E-state index contributed by atoms with van der Waals surface area (Å²) in [6.07, 6.45) is 2.20. The van der Waals surface area contributed by atoms with Crippen LogP contribution < -0.4 is 11.1 Å². The van der Waals surface area contributed by atoms with Gasteiger partial charge in [0.15, 0.2) is 0 Å². The maximum absolute atomic E-state index is 11.4. The summed E-state index contributed by atoms with van der Waals surface area (Å²) in [6.45, 7) is 1.98. The van der Waals surface area contributed by atoms with Gasteiger partial charge >= 0.3 is 5.97 Å². The molecule has 0 radical (unpaired) electrons. The number of nitrogens with two attached hydrogens (primary N) is 1. The van der Waals surface area contributed by atoms with Gasteiger partial charge in [-0.2, -0.15) is 0 Å². The molecular formula is C14H18N2O3. The molecule has 0 saturated carbocycles. The molecule has 0 saturated heterocycles. The minimum absolute atomic E-state index is 0.0832. The summed E-state index contributed by atoms with van der Waals surface area (Å²) in [6, 6.07) is 7.46. The Morgan fingerprint density at radius 1 is 1.32 bits per heavy atom. The first-order chi connectivity index (χ1) is 8.99. The van der Waals surface area contributed by atoms with E-state index in [1.165, 1.54) is 13.0 Å². The van der Waals surface area contributed by atoms with Crippen molar-refractivity contribution in [2.24, 2.45) is 0 Å². The third-order valence-electron chi connectivity index (χ3n) is 2.65. The fraction of sp³-hybridized carbons (Fsp3) is 0.286. The SMILES string of the molecule is C/C(=C\CC(=O)NCCc1ccc(N)cc1)C(=O)O. The summed E-state index contributed by atoms with van der Waals surface area (Å²) in [4.78, 5) is 22.0. The second-order valence-electron chi connectivity index (χ2n) is 4.24. The topological polar surface area (TPSA) is 92.4 Å². The van der Waals surface area contributed by atoms with Crippen LogP contribution in [0.25, 0.3) is 0 Å². The Hall–Kier alpha value is -2.30. The van der Waals surface area contributed by atoms with Gasteiger partial charge in [-0.15, -0.1) is 0 Å². The molecule has 0 spiro atoms. The Bertz CT molecular complexity index is 478. The first-order valence-electron chi connectivity index (χ1n) is 6.00. The van der Waals surface area contributed by atoms with Gasteiger partial charge in [0.2, 0.25) is 5.91 Å². The number of carboxylic acid groups (broad SMARTS) is 1. The fourth-order valence-corrected chi connectivity index (χ4v) is 1.44. The maximum Gasteiger partial charge on any atom is 0.330 e. The molecule has 0 aliphatic heterocycles. The van der Waals surface area contributed by atoms with Crippen molar-refractivity contribution in [2.45, 2.75) is 19.8 Å². The average Bonchev–Trinajstić information content (AvgIpc) is 2.38. The number of aliphatic carboxylic acids is 1. The number of nitrogen functional groups attached to an aromatic ring is 1. The minimum Gasteiger partial charge on any atom is -0.478 e. The van der Waals surface area contributed by atoms with E-state index in [2.05, 4.69) is 5.32 Å². The molecule has 5 heteroatoms. The van der Waals surface area contributed by atoms with Crippen LogP contribution in [0.15, 0.2) is 35.9 Å². The van der Waals surface area contributed by atoms with E-state index in [1.807, 2.05) is 24.3 Å². The van der Waals surface area contributed by atoms with Crippen LogP contribution in [-0.2, 0) is 16.0 Å². The summed E-state index contributed by atoms with van der Waals surface area (Å²) < 4.78 is 0. The van der Waals surface area contributed by atoms with E-state index in [0.29, 0.717) is 18.7 Å². The van der Waals surface area contributed by atoms with Gasteiger partial charge in [0, 0.05) is 24.2 Å². The Kier molecular flexibility index (Phi) is 5.60. The van der Waals surface area contributed by atoms with Crippen LogP contribution in [-0.4, -0.2) is 23.5 Å². The largest absolute Gasteiger partial charge is 0.478 e. The van der Waals surface area contributed by atoms with Crippen molar-refractivity contribution in [3.8, 4) is 0 Å². The minimum atomic E-state index is -1.00. The lowest BCUT2D eigenvalue weighted by molar-refractivity contribution is -0.132. The van der Waals surface area contributed by atoms with Gasteiger partial charge in [-0.25, -0.2) is 4.79 Å². The zero-order valence-electron chi connectivity index (χ0n) is 10.8. The lowest BCUT2D eigenvalue weighted by Crippen LogP contribution is -2.25. The van der Waals surface area contributed by atoms with Crippen LogP contribution in [0.5, 0.6) is 0 Å². The highest BCUT2D eigenvalue weighted by molar-refractivity contribution is 5.87. The Labute approximate surface area is 112 Å². The molecule has 19 heavy (non-hydrogen) atoms. The van der Waals surface area contributed by atoms with Crippen molar-refractivity contribution in [3.05, 3.63) is 41.5 Å². The summed E-state index contributed by atoms with van der Waals surface area (Å²) in [5.74, 6) is -1.19. The van der Waals surface area contributed by atoms with Gasteiger partial charge in [-0.1, -0.05) is 18.2 Å². The second-order valence-corrected chi connectivity index (χ2v) is 4.24. The lowest BCUT2D eigenvalue weighted by Gasteiger charge is -2.04. The highest BCUT2D eigenvalue weighted by Gasteiger charge is 2.02. The number of hydrogen-bond donors (Lipinski definition) is 3. The van der Waals surface area contributed by atoms with Crippen LogP contribution in [0.4, 0.5) is 5.69 Å². The Balaban J connectivity index is 2.29. The smallest absolute Gasteiger partial charge is 0.330 e. The number of rotatable bonds is 6. The standard InChI is InChI=1S/C14H18N2O3/c1-10(14(18)19)2-7-13(17)16-9-8-11-3-5-12(15)6-4-11/h2-6H,7-9,15H2,1H3,(H,16,17)(H,18,19)/b10-2+. The molecule has 1 amide bonds. The van der Waals surface area contributed by atoms with E-state index in [4.69, 9.17) is 10.8 Å². The Morgan fingerprint density at radius 3 is 2.53 bits per heavy atom. The van der Waals surface area contributed by atoms with Gasteiger partial charge < -0.3 is 16.2 Å². The molecule has 0 heterocycles. The van der Waals surface area contributed by atoms with Crippen molar-refractivity contribution >= 4 is 17.6 Å². The van der Waals surface area contributed by atoms with Gasteiger partial charge in [-0.3, -0.25) is 4.79 Å². The molecule has 0 aromatic heterocycles. The predicted molar refractivity (Wildman–Crippen MR) is 73.6 cm³/mol. The van der Waals surface area contributed by atoms with E-state index in [-0.39, 0.29) is 17.9 Å². The first kappa shape index (κ1) is 14.8. The van der Waals surface area contributed by atoms with Crippen LogP contribution in [0.3, 0.4) is 0 Å². The first-order valence-corrected chi connectivity index (χ1v) is 6.00. The van der Waals surface area contributed by atoms with Gasteiger partial charge in [-0.05, 0) is 31.0 Å². The monoisotopic (exact) mass is 262 g/mol. The number of carboxylic acids is 1. The fourth-order valence-electron chi connectivity index (χ4n) is 1.44. The van der Waals surface area contributed by atoms with Crippen LogP contribution >= 0.6 is 0 Å². The third-order valence-corrected chi connectivity index (χ3v) is 2.65. The average molecular weight is 262 g/mol. The Morgan fingerprint density at radius 2 is 1.95 bits per heavy atom. The van der Waals surface area contributed by atoms with Crippen LogP contribution in [0.1, 0.15) is 18.9 Å². The summed E-state index contributed by atoms with van der Waals surface area (Å²) in [5, 5.41) is 11.4. The number of anilines is 1. The molecule has 1 aromatic rings. The predicted octanol–water partition coefficient (Wildman–Crippen LogP) is 1.35. The molecular weight excluding hydrogens is 244 g/mol. The molecule has 0 bridgehead atoms. The number of carbonyl (C=O) groups is 2. The van der Waals surface area contributed by atoms with Crippen molar-refractivity contribution in [1.82, 2.24) is 5.32 Å². The third kappa shape index (κ3) is 5.72. The molecule has 0 atom stereocenters. The molecule has 1 rings (SSSR count). The summed E-state index contributed by atoms with van der Waals surface area (Å²) in [5.41, 5.74) is 7.55. The highest BCUT2D eigenvalue weighted by Crippen LogP contribution is 2.05. The summed E-state index contributed by atoms with van der Waals surface area (Å²) >= 11 is 0. The van der Waals surface area contributed by atoms with Crippen molar-refractivity contribution in [3.63, 3.8) is 0 Å². The number of carbonyl (C=O) groups excluding carboxylic acids is 1. The molecule has 0 aliphatic carbocycles. The molecule has 0 fully saturated rings. The normalized spacial score (nSPS) is 11.1. The van der Waals surface area contributed by atoms with Crippen molar-refractivity contribution in [1.29, 1.82) is 0 Å². The van der Waals surface area contributed by atoms with E-state index >= 15 is 0 Å². The van der Waals surface area contributed by atoms with Crippen LogP contribution in [0.2, 0.25) is 0 Å². The number of amides is 1. The van der Waals surface area contributed by atoms with E-state index in [1.54, 1.807) is 0 Å². The molecule has 0 unspecified atom stereocenters. The molecule has 4 N–H and O–H groups in total. The van der Waals surface area contributed by atoms with Gasteiger partial charge in [0.1, 0.15) is 0 Å². The van der Waals surface area contributed by atoms with E-state index < -0.39 is 5.97 Å². The highest BCUT2D eigenvalue weighted by atomic mass is 16.4. The second kappa shape index (κ2) is 7.20. The zero-order chi connectivity index (χ0) is 14.3. The van der Waals surface area contributed by atoms with E-state index in [0.717, 1.165) is 5.56 Å².